The first-order valence-corrected chi connectivity index (χ1v) is 4.50. The molecular formula is C9H13N3O. The van der Waals surface area contributed by atoms with E-state index in [1.54, 1.807) is 0 Å². The van der Waals surface area contributed by atoms with E-state index in [1.807, 2.05) is 6.92 Å². The molecule has 0 aliphatic carbocycles. The third-order valence-electron chi connectivity index (χ3n) is 2.18. The first kappa shape index (κ1) is 8.44. The van der Waals surface area contributed by atoms with Gasteiger partial charge in [-0.3, -0.25) is 0 Å². The molecule has 2 N–H and O–H groups in total. The lowest BCUT2D eigenvalue weighted by atomic mass is 10.2. The highest BCUT2D eigenvalue weighted by Gasteiger charge is 2.17. The Morgan fingerprint density at radius 2 is 2.31 bits per heavy atom. The molecule has 0 radical (unpaired) electrons. The third kappa shape index (κ3) is 1.49. The molecule has 4 nitrogen and oxygen atoms in total. The average molecular weight is 179 g/mol. The Morgan fingerprint density at radius 1 is 1.46 bits per heavy atom. The van der Waals surface area contributed by atoms with E-state index in [2.05, 4.69) is 9.97 Å². The Labute approximate surface area is 77.1 Å². The molecule has 4 heteroatoms. The quantitative estimate of drug-likeness (QED) is 0.705. The van der Waals surface area contributed by atoms with Crippen molar-refractivity contribution in [2.45, 2.75) is 19.8 Å². The Kier molecular flexibility index (Phi) is 2.14. The van der Waals surface area contributed by atoms with Crippen molar-refractivity contribution in [1.29, 1.82) is 0 Å². The number of rotatable bonds is 2. The van der Waals surface area contributed by atoms with Crippen LogP contribution in [0, 0.1) is 6.92 Å². The number of nitrogens with two attached hydrogens (primary N) is 1. The summed E-state index contributed by atoms with van der Waals surface area (Å²) in [7, 11) is 0. The van der Waals surface area contributed by atoms with Crippen molar-refractivity contribution < 1.29 is 4.74 Å². The van der Waals surface area contributed by atoms with E-state index in [0.29, 0.717) is 6.54 Å². The molecule has 1 aliphatic heterocycles. The van der Waals surface area contributed by atoms with Gasteiger partial charge < -0.3 is 10.5 Å². The van der Waals surface area contributed by atoms with Gasteiger partial charge in [0.2, 0.25) is 5.88 Å². The summed E-state index contributed by atoms with van der Waals surface area (Å²) in [4.78, 5) is 8.65. The molecule has 13 heavy (non-hydrogen) atoms. The van der Waals surface area contributed by atoms with Crippen LogP contribution in [-0.4, -0.2) is 23.1 Å². The van der Waals surface area contributed by atoms with E-state index in [1.165, 1.54) is 0 Å². The van der Waals surface area contributed by atoms with Crippen molar-refractivity contribution in [3.05, 3.63) is 17.1 Å². The number of nitrogens with zero attached hydrogens (tertiary/aromatic N) is 2. The summed E-state index contributed by atoms with van der Waals surface area (Å²) in [5.41, 5.74) is 7.62. The summed E-state index contributed by atoms with van der Waals surface area (Å²) in [5.74, 6) is 1.55. The van der Waals surface area contributed by atoms with Crippen LogP contribution in [0.1, 0.15) is 17.1 Å². The maximum atomic E-state index is 5.44. The molecule has 1 aliphatic rings. The minimum atomic E-state index is 0.582. The minimum absolute atomic E-state index is 0.582. The molecule has 0 spiro atoms. The molecule has 0 bridgehead atoms. The van der Waals surface area contributed by atoms with Crippen LogP contribution in [0.2, 0.25) is 0 Å². The summed E-state index contributed by atoms with van der Waals surface area (Å²) >= 11 is 0. The second kappa shape index (κ2) is 3.30. The van der Waals surface area contributed by atoms with Gasteiger partial charge in [0.15, 0.2) is 0 Å². The largest absolute Gasteiger partial charge is 0.477 e. The topological polar surface area (TPSA) is 61.0 Å². The van der Waals surface area contributed by atoms with Crippen LogP contribution in [0.4, 0.5) is 0 Å². The minimum Gasteiger partial charge on any atom is -0.477 e. The van der Waals surface area contributed by atoms with E-state index in [-0.39, 0.29) is 0 Å². The van der Waals surface area contributed by atoms with Gasteiger partial charge in [-0.15, -0.1) is 0 Å². The van der Waals surface area contributed by atoms with Gasteiger partial charge in [-0.05, 0) is 13.5 Å². The van der Waals surface area contributed by atoms with E-state index in [0.717, 1.165) is 42.4 Å². The molecule has 1 aromatic rings. The standard InChI is InChI=1S/C9H13N3O/c1-6-7-3-5-13-9(7)12-8(11-6)2-4-10/h2-5,10H2,1H3. The number of fused-ring (bicyclic) bond motifs is 1. The Balaban J connectivity index is 2.37. The maximum absolute atomic E-state index is 5.44. The smallest absolute Gasteiger partial charge is 0.220 e. The van der Waals surface area contributed by atoms with Crippen LogP contribution in [-0.2, 0) is 12.8 Å². The summed E-state index contributed by atoms with van der Waals surface area (Å²) in [6.07, 6.45) is 1.65. The van der Waals surface area contributed by atoms with Crippen molar-refractivity contribution in [3.8, 4) is 5.88 Å². The Bertz CT molecular complexity index is 325. The highest BCUT2D eigenvalue weighted by molar-refractivity contribution is 5.33. The third-order valence-corrected chi connectivity index (χ3v) is 2.18. The predicted octanol–water partition coefficient (Wildman–Crippen LogP) is 0.221. The fourth-order valence-electron chi connectivity index (χ4n) is 1.52. The molecule has 0 fully saturated rings. The SMILES string of the molecule is Cc1nc(CCN)nc2c1CCO2. The summed E-state index contributed by atoms with van der Waals surface area (Å²) in [5, 5.41) is 0. The first-order valence-electron chi connectivity index (χ1n) is 4.50. The van der Waals surface area contributed by atoms with Crippen molar-refractivity contribution in [3.63, 3.8) is 0 Å². The Hall–Kier alpha value is -1.16. The average Bonchev–Trinajstić information content (AvgIpc) is 2.53. The molecule has 70 valence electrons. The van der Waals surface area contributed by atoms with Crippen LogP contribution < -0.4 is 10.5 Å². The van der Waals surface area contributed by atoms with E-state index in [9.17, 15) is 0 Å². The van der Waals surface area contributed by atoms with Gasteiger partial charge in [0, 0.05) is 24.1 Å². The van der Waals surface area contributed by atoms with Crippen molar-refractivity contribution >= 4 is 0 Å². The van der Waals surface area contributed by atoms with Gasteiger partial charge in [0.25, 0.3) is 0 Å². The van der Waals surface area contributed by atoms with Crippen LogP contribution in [0.15, 0.2) is 0 Å². The zero-order chi connectivity index (χ0) is 9.26. The van der Waals surface area contributed by atoms with Crippen LogP contribution in [0.5, 0.6) is 5.88 Å². The fourth-order valence-corrected chi connectivity index (χ4v) is 1.52. The lowest BCUT2D eigenvalue weighted by Crippen LogP contribution is -2.08. The number of hydrogen-bond donors (Lipinski definition) is 1. The van der Waals surface area contributed by atoms with Crippen LogP contribution in [0.25, 0.3) is 0 Å². The van der Waals surface area contributed by atoms with Crippen molar-refractivity contribution in [2.75, 3.05) is 13.2 Å². The number of ether oxygens (including phenoxy) is 1. The Morgan fingerprint density at radius 3 is 3.08 bits per heavy atom. The summed E-state index contributed by atoms with van der Waals surface area (Å²) in [6.45, 7) is 3.31. The van der Waals surface area contributed by atoms with Crippen LogP contribution in [0.3, 0.4) is 0 Å². The summed E-state index contributed by atoms with van der Waals surface area (Å²) in [6, 6.07) is 0. The summed E-state index contributed by atoms with van der Waals surface area (Å²) < 4.78 is 5.37. The second-order valence-electron chi connectivity index (χ2n) is 3.15. The molecule has 0 amide bonds. The second-order valence-corrected chi connectivity index (χ2v) is 3.15. The lowest BCUT2D eigenvalue weighted by Gasteiger charge is -2.03. The zero-order valence-electron chi connectivity index (χ0n) is 7.71. The molecule has 1 aromatic heterocycles. The van der Waals surface area contributed by atoms with E-state index >= 15 is 0 Å². The zero-order valence-corrected chi connectivity index (χ0v) is 7.71. The molecule has 2 rings (SSSR count). The van der Waals surface area contributed by atoms with Crippen LogP contribution >= 0.6 is 0 Å². The number of hydrogen-bond acceptors (Lipinski definition) is 4. The molecule has 2 heterocycles. The number of aromatic nitrogens is 2. The van der Waals surface area contributed by atoms with Gasteiger partial charge in [-0.25, -0.2) is 4.98 Å². The van der Waals surface area contributed by atoms with E-state index in [4.69, 9.17) is 10.5 Å². The normalized spacial score (nSPS) is 14.0. The molecule has 0 aromatic carbocycles. The highest BCUT2D eigenvalue weighted by Crippen LogP contribution is 2.24. The monoisotopic (exact) mass is 179 g/mol. The molecule has 0 saturated carbocycles. The molecule has 0 unspecified atom stereocenters. The van der Waals surface area contributed by atoms with Gasteiger partial charge in [0.1, 0.15) is 5.82 Å². The fraction of sp³-hybridized carbons (Fsp3) is 0.556. The molecular weight excluding hydrogens is 166 g/mol. The maximum Gasteiger partial charge on any atom is 0.220 e. The van der Waals surface area contributed by atoms with Gasteiger partial charge >= 0.3 is 0 Å². The van der Waals surface area contributed by atoms with E-state index < -0.39 is 0 Å². The van der Waals surface area contributed by atoms with Gasteiger partial charge in [-0.2, -0.15) is 4.98 Å². The lowest BCUT2D eigenvalue weighted by molar-refractivity contribution is 0.343. The molecule has 0 atom stereocenters. The van der Waals surface area contributed by atoms with Crippen molar-refractivity contribution in [1.82, 2.24) is 9.97 Å². The first-order chi connectivity index (χ1) is 6.31. The molecule has 0 saturated heterocycles. The van der Waals surface area contributed by atoms with Gasteiger partial charge in [0.05, 0.1) is 6.61 Å². The number of aryl methyl sites for hydroxylation is 1. The predicted molar refractivity (Wildman–Crippen MR) is 48.7 cm³/mol. The van der Waals surface area contributed by atoms with Crippen molar-refractivity contribution in [2.24, 2.45) is 5.73 Å². The van der Waals surface area contributed by atoms with Gasteiger partial charge in [-0.1, -0.05) is 0 Å². The highest BCUT2D eigenvalue weighted by atomic mass is 16.5.